The zero-order chi connectivity index (χ0) is 14.8. The molecule has 6 nitrogen and oxygen atoms in total. The van der Waals surface area contributed by atoms with Crippen molar-refractivity contribution in [3.05, 3.63) is 47.5 Å². The minimum Gasteiger partial charge on any atom is -0.326 e. The summed E-state index contributed by atoms with van der Waals surface area (Å²) in [5.74, 6) is -0.629. The zero-order valence-electron chi connectivity index (χ0n) is 10.9. The molecular formula is C12H15FN4O2S. The lowest BCUT2D eigenvalue weighted by molar-refractivity contribution is 0.568. The Morgan fingerprint density at radius 2 is 2.15 bits per heavy atom. The van der Waals surface area contributed by atoms with E-state index in [1.807, 2.05) is 0 Å². The molecule has 0 amide bonds. The van der Waals surface area contributed by atoms with E-state index in [0.29, 0.717) is 5.69 Å². The first-order valence-electron chi connectivity index (χ1n) is 5.89. The summed E-state index contributed by atoms with van der Waals surface area (Å²) >= 11 is 0. The van der Waals surface area contributed by atoms with Gasteiger partial charge in [-0.3, -0.25) is 4.68 Å². The second-order valence-electron chi connectivity index (χ2n) is 4.19. The second kappa shape index (κ2) is 5.70. The van der Waals surface area contributed by atoms with Crippen molar-refractivity contribution in [2.45, 2.75) is 18.0 Å². The summed E-state index contributed by atoms with van der Waals surface area (Å²) in [7, 11) is -2.12. The molecular weight excluding hydrogens is 283 g/mol. The SMILES string of the molecule is Cn1nccc1CNS(=O)(=O)c1cccc(F)c1CN. The van der Waals surface area contributed by atoms with Gasteiger partial charge in [-0.1, -0.05) is 6.07 Å². The molecule has 8 heteroatoms. The first kappa shape index (κ1) is 14.6. The number of hydrogen-bond donors (Lipinski definition) is 2. The van der Waals surface area contributed by atoms with Crippen LogP contribution in [0.5, 0.6) is 0 Å². The number of sulfonamides is 1. The topological polar surface area (TPSA) is 90.0 Å². The van der Waals surface area contributed by atoms with Crippen molar-refractivity contribution >= 4 is 10.0 Å². The molecule has 0 aliphatic heterocycles. The maximum Gasteiger partial charge on any atom is 0.241 e. The Morgan fingerprint density at radius 1 is 1.40 bits per heavy atom. The minimum atomic E-state index is -3.83. The van der Waals surface area contributed by atoms with E-state index >= 15 is 0 Å². The van der Waals surface area contributed by atoms with Crippen LogP contribution in [0.4, 0.5) is 4.39 Å². The Bertz CT molecular complexity index is 712. The van der Waals surface area contributed by atoms with Gasteiger partial charge >= 0.3 is 0 Å². The highest BCUT2D eigenvalue weighted by Gasteiger charge is 2.20. The molecule has 0 spiro atoms. The number of rotatable bonds is 5. The Hall–Kier alpha value is -1.77. The molecule has 0 aliphatic rings. The second-order valence-corrected chi connectivity index (χ2v) is 5.93. The highest BCUT2D eigenvalue weighted by molar-refractivity contribution is 7.89. The number of aryl methyl sites for hydroxylation is 1. The molecule has 2 rings (SSSR count). The predicted octanol–water partition coefficient (Wildman–Crippen LogP) is 0.496. The molecule has 1 heterocycles. The van der Waals surface area contributed by atoms with Crippen molar-refractivity contribution in [3.8, 4) is 0 Å². The van der Waals surface area contributed by atoms with Crippen LogP contribution in [0, 0.1) is 5.82 Å². The molecule has 0 atom stereocenters. The standard InChI is InChI=1S/C12H15FN4O2S/c1-17-9(5-6-15-17)8-16-20(18,19)12-4-2-3-11(13)10(12)7-14/h2-6,16H,7-8,14H2,1H3. The predicted molar refractivity (Wildman–Crippen MR) is 71.5 cm³/mol. The van der Waals surface area contributed by atoms with Crippen LogP contribution in [0.15, 0.2) is 35.4 Å². The van der Waals surface area contributed by atoms with Gasteiger partial charge in [0.15, 0.2) is 0 Å². The largest absolute Gasteiger partial charge is 0.326 e. The Kier molecular flexibility index (Phi) is 4.17. The fourth-order valence-corrected chi connectivity index (χ4v) is 3.07. The minimum absolute atomic E-state index is 0.0231. The van der Waals surface area contributed by atoms with Gasteiger partial charge in [0.2, 0.25) is 10.0 Å². The molecule has 1 aromatic heterocycles. The van der Waals surface area contributed by atoms with Crippen molar-refractivity contribution in [1.82, 2.24) is 14.5 Å². The van der Waals surface area contributed by atoms with Crippen LogP contribution in [0.1, 0.15) is 11.3 Å². The van der Waals surface area contributed by atoms with Crippen LogP contribution >= 0.6 is 0 Å². The van der Waals surface area contributed by atoms with Crippen molar-refractivity contribution in [2.75, 3.05) is 0 Å². The molecule has 0 radical (unpaired) electrons. The summed E-state index contributed by atoms with van der Waals surface area (Å²) in [5.41, 5.74) is 6.09. The number of hydrogen-bond acceptors (Lipinski definition) is 4. The van der Waals surface area contributed by atoms with Crippen molar-refractivity contribution in [3.63, 3.8) is 0 Å². The third-order valence-electron chi connectivity index (χ3n) is 2.94. The van der Waals surface area contributed by atoms with Crippen LogP contribution < -0.4 is 10.5 Å². The van der Waals surface area contributed by atoms with E-state index in [1.165, 1.54) is 18.2 Å². The number of nitrogens with two attached hydrogens (primary N) is 1. The zero-order valence-corrected chi connectivity index (χ0v) is 11.7. The quantitative estimate of drug-likeness (QED) is 0.841. The molecule has 0 saturated carbocycles. The summed E-state index contributed by atoms with van der Waals surface area (Å²) in [5, 5.41) is 3.94. The highest BCUT2D eigenvalue weighted by Crippen LogP contribution is 2.18. The van der Waals surface area contributed by atoms with E-state index in [4.69, 9.17) is 5.73 Å². The van der Waals surface area contributed by atoms with Crippen LogP contribution in [0.3, 0.4) is 0 Å². The molecule has 0 unspecified atom stereocenters. The molecule has 20 heavy (non-hydrogen) atoms. The lowest BCUT2D eigenvalue weighted by Gasteiger charge is -2.11. The average molecular weight is 298 g/mol. The van der Waals surface area contributed by atoms with Gasteiger partial charge in [0.05, 0.1) is 17.1 Å². The number of benzene rings is 1. The highest BCUT2D eigenvalue weighted by atomic mass is 32.2. The number of aromatic nitrogens is 2. The number of nitrogens with one attached hydrogen (secondary N) is 1. The smallest absolute Gasteiger partial charge is 0.241 e. The molecule has 2 aromatic rings. The summed E-state index contributed by atoms with van der Waals surface area (Å²) in [4.78, 5) is -0.137. The molecule has 1 aromatic carbocycles. The average Bonchev–Trinajstić information content (AvgIpc) is 2.82. The van der Waals surface area contributed by atoms with E-state index in [2.05, 4.69) is 9.82 Å². The van der Waals surface area contributed by atoms with E-state index < -0.39 is 15.8 Å². The maximum absolute atomic E-state index is 13.6. The Morgan fingerprint density at radius 3 is 2.75 bits per heavy atom. The van der Waals surface area contributed by atoms with Gasteiger partial charge in [0.1, 0.15) is 5.82 Å². The molecule has 3 N–H and O–H groups in total. The summed E-state index contributed by atoms with van der Waals surface area (Å²) < 4.78 is 42.0. The van der Waals surface area contributed by atoms with Gasteiger partial charge in [0.25, 0.3) is 0 Å². The van der Waals surface area contributed by atoms with Gasteiger partial charge in [-0.2, -0.15) is 5.10 Å². The van der Waals surface area contributed by atoms with Crippen LogP contribution in [-0.2, 0) is 30.2 Å². The fraction of sp³-hybridized carbons (Fsp3) is 0.250. The molecule has 0 fully saturated rings. The Labute approximate surface area is 116 Å². The lowest BCUT2D eigenvalue weighted by Crippen LogP contribution is -2.26. The lowest BCUT2D eigenvalue weighted by atomic mass is 10.2. The molecule has 0 saturated heterocycles. The van der Waals surface area contributed by atoms with Crippen LogP contribution in [0.25, 0.3) is 0 Å². The first-order chi connectivity index (χ1) is 9.45. The van der Waals surface area contributed by atoms with Gasteiger partial charge < -0.3 is 5.73 Å². The summed E-state index contributed by atoms with van der Waals surface area (Å²) in [6.45, 7) is -0.117. The van der Waals surface area contributed by atoms with Crippen molar-refractivity contribution in [1.29, 1.82) is 0 Å². The van der Waals surface area contributed by atoms with Crippen LogP contribution in [-0.4, -0.2) is 18.2 Å². The van der Waals surface area contributed by atoms with E-state index in [1.54, 1.807) is 24.0 Å². The van der Waals surface area contributed by atoms with Gasteiger partial charge in [-0.05, 0) is 18.2 Å². The molecule has 108 valence electrons. The third kappa shape index (κ3) is 2.87. The summed E-state index contributed by atoms with van der Waals surface area (Å²) in [6, 6.07) is 5.55. The fourth-order valence-electron chi connectivity index (χ4n) is 1.81. The molecule has 0 bridgehead atoms. The van der Waals surface area contributed by atoms with Crippen LogP contribution in [0.2, 0.25) is 0 Å². The Balaban J connectivity index is 2.27. The number of nitrogens with zero attached hydrogens (tertiary/aromatic N) is 2. The van der Waals surface area contributed by atoms with Gasteiger partial charge in [0, 0.05) is 25.4 Å². The van der Waals surface area contributed by atoms with Crippen molar-refractivity contribution < 1.29 is 12.8 Å². The van der Waals surface area contributed by atoms with Crippen molar-refractivity contribution in [2.24, 2.45) is 12.8 Å². The van der Waals surface area contributed by atoms with E-state index in [-0.39, 0.29) is 23.5 Å². The van der Waals surface area contributed by atoms with Gasteiger partial charge in [-0.15, -0.1) is 0 Å². The third-order valence-corrected chi connectivity index (χ3v) is 4.42. The van der Waals surface area contributed by atoms with Gasteiger partial charge in [-0.25, -0.2) is 17.5 Å². The van der Waals surface area contributed by atoms with E-state index in [9.17, 15) is 12.8 Å². The monoisotopic (exact) mass is 298 g/mol. The maximum atomic E-state index is 13.6. The number of halogens is 1. The summed E-state index contributed by atoms with van der Waals surface area (Å²) in [6.07, 6.45) is 1.57. The normalized spacial score (nSPS) is 11.8. The first-order valence-corrected chi connectivity index (χ1v) is 7.38. The van der Waals surface area contributed by atoms with E-state index in [0.717, 1.165) is 0 Å². The molecule has 0 aliphatic carbocycles.